The number of nitrogens with one attached hydrogen (secondary N) is 1. The summed E-state index contributed by atoms with van der Waals surface area (Å²) in [6.45, 7) is 0. The van der Waals surface area contributed by atoms with Gasteiger partial charge in [-0.25, -0.2) is 24.0 Å². The second kappa shape index (κ2) is 7.18. The summed E-state index contributed by atoms with van der Waals surface area (Å²) in [7, 11) is 0. The van der Waals surface area contributed by atoms with Gasteiger partial charge in [0.1, 0.15) is 17.2 Å². The van der Waals surface area contributed by atoms with Gasteiger partial charge >= 0.3 is 0 Å². The van der Waals surface area contributed by atoms with Crippen LogP contribution in [0.25, 0.3) is 16.7 Å². The number of fused-ring (bicyclic) bond motifs is 1. The fourth-order valence-corrected chi connectivity index (χ4v) is 3.59. The summed E-state index contributed by atoms with van der Waals surface area (Å²) in [4.78, 5) is 24.5. The van der Waals surface area contributed by atoms with Crippen molar-refractivity contribution in [3.8, 4) is 5.69 Å². The number of anilines is 1. The number of hydrogen-bond acceptors (Lipinski definition) is 7. The number of aromatic nitrogens is 5. The van der Waals surface area contributed by atoms with E-state index in [4.69, 9.17) is 0 Å². The monoisotopic (exact) mass is 386 g/mol. The molecule has 0 bridgehead atoms. The smallest absolute Gasteiger partial charge is 0.236 e. The van der Waals surface area contributed by atoms with E-state index in [1.165, 1.54) is 41.6 Å². The molecule has 1 amide bonds. The summed E-state index contributed by atoms with van der Waals surface area (Å²) < 4.78 is 14.7. The number of thiazole rings is 1. The molecular formula is C16H11FN6OS2. The molecule has 26 heavy (non-hydrogen) atoms. The highest BCUT2D eigenvalue weighted by molar-refractivity contribution is 8.00. The van der Waals surface area contributed by atoms with Crippen molar-refractivity contribution in [1.82, 2.24) is 24.7 Å². The van der Waals surface area contributed by atoms with Gasteiger partial charge in [0.15, 0.2) is 10.8 Å². The largest absolute Gasteiger partial charge is 0.301 e. The van der Waals surface area contributed by atoms with Gasteiger partial charge in [-0.1, -0.05) is 11.8 Å². The van der Waals surface area contributed by atoms with Crippen LogP contribution in [0.15, 0.2) is 53.4 Å². The molecular weight excluding hydrogens is 375 g/mol. The Labute approximate surface area is 155 Å². The van der Waals surface area contributed by atoms with Gasteiger partial charge in [-0.3, -0.25) is 4.79 Å². The van der Waals surface area contributed by atoms with E-state index in [-0.39, 0.29) is 17.5 Å². The van der Waals surface area contributed by atoms with Crippen molar-refractivity contribution < 1.29 is 9.18 Å². The normalized spacial score (nSPS) is 11.0. The average molecular weight is 386 g/mol. The van der Waals surface area contributed by atoms with Gasteiger partial charge in [-0.05, 0) is 24.3 Å². The zero-order chi connectivity index (χ0) is 17.9. The first-order valence-electron chi connectivity index (χ1n) is 7.47. The molecule has 0 fully saturated rings. The van der Waals surface area contributed by atoms with Crippen LogP contribution >= 0.6 is 23.1 Å². The maximum atomic E-state index is 13.1. The fraction of sp³-hybridized carbons (Fsp3) is 0.0625. The summed E-state index contributed by atoms with van der Waals surface area (Å²) >= 11 is 2.65. The molecule has 4 rings (SSSR count). The molecule has 1 aromatic carbocycles. The Bertz CT molecular complexity index is 1050. The van der Waals surface area contributed by atoms with Gasteiger partial charge in [0.2, 0.25) is 5.91 Å². The van der Waals surface area contributed by atoms with Crippen LogP contribution in [0.2, 0.25) is 0 Å². The van der Waals surface area contributed by atoms with Crippen LogP contribution in [-0.4, -0.2) is 36.4 Å². The lowest BCUT2D eigenvalue weighted by atomic mass is 10.3. The van der Waals surface area contributed by atoms with E-state index in [9.17, 15) is 9.18 Å². The van der Waals surface area contributed by atoms with Crippen LogP contribution in [-0.2, 0) is 4.79 Å². The molecule has 0 saturated carbocycles. The topological polar surface area (TPSA) is 85.6 Å². The Morgan fingerprint density at radius 3 is 2.85 bits per heavy atom. The maximum absolute atomic E-state index is 13.1. The molecule has 0 aliphatic carbocycles. The third-order valence-corrected chi connectivity index (χ3v) is 5.11. The van der Waals surface area contributed by atoms with Crippen LogP contribution < -0.4 is 5.32 Å². The van der Waals surface area contributed by atoms with E-state index in [1.807, 2.05) is 0 Å². The highest BCUT2D eigenvalue weighted by Gasteiger charge is 2.13. The Kier molecular flexibility index (Phi) is 4.59. The molecule has 4 aromatic rings. The van der Waals surface area contributed by atoms with Crippen molar-refractivity contribution in [2.24, 2.45) is 0 Å². The zero-order valence-electron chi connectivity index (χ0n) is 13.2. The Hall–Kier alpha value is -2.85. The van der Waals surface area contributed by atoms with Crippen LogP contribution in [0, 0.1) is 5.82 Å². The average Bonchev–Trinajstić information content (AvgIpc) is 3.30. The first kappa shape index (κ1) is 16.6. The molecule has 130 valence electrons. The number of amides is 1. The van der Waals surface area contributed by atoms with Crippen LogP contribution in [0.3, 0.4) is 0 Å². The molecule has 0 saturated heterocycles. The minimum absolute atomic E-state index is 0.164. The summed E-state index contributed by atoms with van der Waals surface area (Å²) in [5.74, 6) is -0.294. The predicted octanol–water partition coefficient (Wildman–Crippen LogP) is 3.14. The van der Waals surface area contributed by atoms with Gasteiger partial charge < -0.3 is 5.32 Å². The minimum atomic E-state index is -0.317. The standard InChI is InChI=1S/C16H11FN6OS2/c17-10-1-3-11(4-2-10)23-14-12(7-21-23)15(20-9-19-14)26-8-13(24)22-16-18-5-6-25-16/h1-7,9H,8H2,(H,18,22,24). The van der Waals surface area contributed by atoms with E-state index in [1.54, 1.807) is 34.6 Å². The number of thioether (sulfide) groups is 1. The first-order chi connectivity index (χ1) is 12.7. The highest BCUT2D eigenvalue weighted by atomic mass is 32.2. The van der Waals surface area contributed by atoms with Gasteiger partial charge in [-0.15, -0.1) is 11.3 Å². The molecule has 3 aromatic heterocycles. The van der Waals surface area contributed by atoms with Crippen molar-refractivity contribution in [1.29, 1.82) is 0 Å². The number of nitrogens with zero attached hydrogens (tertiary/aromatic N) is 5. The van der Waals surface area contributed by atoms with E-state index in [0.29, 0.717) is 21.5 Å². The Morgan fingerprint density at radius 1 is 1.23 bits per heavy atom. The number of carbonyl (C=O) groups is 1. The number of rotatable bonds is 5. The van der Waals surface area contributed by atoms with Gasteiger partial charge in [0, 0.05) is 11.6 Å². The minimum Gasteiger partial charge on any atom is -0.301 e. The third kappa shape index (κ3) is 3.41. The van der Waals surface area contributed by atoms with Gasteiger partial charge in [0.25, 0.3) is 0 Å². The Morgan fingerprint density at radius 2 is 2.08 bits per heavy atom. The molecule has 10 heteroatoms. The van der Waals surface area contributed by atoms with E-state index >= 15 is 0 Å². The second-order valence-electron chi connectivity index (χ2n) is 5.12. The quantitative estimate of drug-likeness (QED) is 0.419. The highest BCUT2D eigenvalue weighted by Crippen LogP contribution is 2.26. The van der Waals surface area contributed by atoms with E-state index in [0.717, 1.165) is 5.39 Å². The molecule has 0 atom stereocenters. The lowest BCUT2D eigenvalue weighted by molar-refractivity contribution is -0.113. The summed E-state index contributed by atoms with van der Waals surface area (Å²) in [5.41, 5.74) is 1.28. The van der Waals surface area contributed by atoms with E-state index in [2.05, 4.69) is 25.4 Å². The molecule has 7 nitrogen and oxygen atoms in total. The zero-order valence-corrected chi connectivity index (χ0v) is 14.8. The SMILES string of the molecule is O=C(CSc1ncnc2c1cnn2-c1ccc(F)cc1)Nc1nccs1. The van der Waals surface area contributed by atoms with Crippen LogP contribution in [0.5, 0.6) is 0 Å². The third-order valence-electron chi connectivity index (χ3n) is 3.42. The number of benzene rings is 1. The molecule has 3 heterocycles. The molecule has 1 N–H and O–H groups in total. The Balaban J connectivity index is 1.55. The first-order valence-corrected chi connectivity index (χ1v) is 9.34. The lowest BCUT2D eigenvalue weighted by Crippen LogP contribution is -2.13. The maximum Gasteiger partial charge on any atom is 0.236 e. The van der Waals surface area contributed by atoms with Gasteiger partial charge in [-0.2, -0.15) is 5.10 Å². The second-order valence-corrected chi connectivity index (χ2v) is 6.98. The van der Waals surface area contributed by atoms with Gasteiger partial charge in [0.05, 0.1) is 23.0 Å². The lowest BCUT2D eigenvalue weighted by Gasteiger charge is -2.04. The molecule has 0 aliphatic rings. The summed E-state index contributed by atoms with van der Waals surface area (Å²) in [6.07, 6.45) is 4.69. The van der Waals surface area contributed by atoms with Crippen LogP contribution in [0.1, 0.15) is 0 Å². The molecule has 0 spiro atoms. The number of halogens is 1. The predicted molar refractivity (Wildman–Crippen MR) is 98.1 cm³/mol. The van der Waals surface area contributed by atoms with Crippen molar-refractivity contribution in [2.45, 2.75) is 5.03 Å². The number of carbonyl (C=O) groups excluding carboxylic acids is 1. The van der Waals surface area contributed by atoms with Crippen molar-refractivity contribution in [2.75, 3.05) is 11.1 Å². The fourth-order valence-electron chi connectivity index (χ4n) is 2.28. The number of hydrogen-bond donors (Lipinski definition) is 1. The van der Waals surface area contributed by atoms with Crippen molar-refractivity contribution >= 4 is 45.2 Å². The van der Waals surface area contributed by atoms with E-state index < -0.39 is 0 Å². The van der Waals surface area contributed by atoms with Crippen molar-refractivity contribution in [3.63, 3.8) is 0 Å². The molecule has 0 aliphatic heterocycles. The summed E-state index contributed by atoms with van der Waals surface area (Å²) in [6, 6.07) is 5.97. The van der Waals surface area contributed by atoms with Crippen LogP contribution in [0.4, 0.5) is 9.52 Å². The van der Waals surface area contributed by atoms with Crippen molar-refractivity contribution in [3.05, 3.63) is 54.2 Å². The summed E-state index contributed by atoms with van der Waals surface area (Å²) in [5, 5.41) is 10.8. The molecule has 0 radical (unpaired) electrons. The molecule has 0 unspecified atom stereocenters.